The van der Waals surface area contributed by atoms with Crippen LogP contribution < -0.4 is 5.32 Å². The molecule has 1 aliphatic heterocycles. The van der Waals surface area contributed by atoms with Gasteiger partial charge < -0.3 is 14.8 Å². The van der Waals surface area contributed by atoms with Crippen molar-refractivity contribution in [2.45, 2.75) is 31.4 Å². The van der Waals surface area contributed by atoms with Gasteiger partial charge in [0.25, 0.3) is 5.91 Å². The first-order chi connectivity index (χ1) is 12.4. The molecule has 1 saturated heterocycles. The van der Waals surface area contributed by atoms with E-state index in [9.17, 15) is 19.2 Å². The molecule has 1 aliphatic carbocycles. The average Bonchev–Trinajstić information content (AvgIpc) is 3.46. The lowest BCUT2D eigenvalue weighted by Crippen LogP contribution is -2.46. The third-order valence-corrected chi connectivity index (χ3v) is 4.75. The number of esters is 2. The predicted molar refractivity (Wildman–Crippen MR) is 88.7 cm³/mol. The third-order valence-electron chi connectivity index (χ3n) is 4.75. The first-order valence-corrected chi connectivity index (χ1v) is 8.33. The summed E-state index contributed by atoms with van der Waals surface area (Å²) in [4.78, 5) is 49.7. The van der Waals surface area contributed by atoms with E-state index in [1.54, 1.807) is 37.3 Å². The molecule has 1 aromatic carbocycles. The topological polar surface area (TPSA) is 102 Å². The van der Waals surface area contributed by atoms with Crippen LogP contribution in [0.2, 0.25) is 0 Å². The maximum Gasteiger partial charge on any atom is 0.351 e. The molecule has 2 aliphatic rings. The Morgan fingerprint density at radius 1 is 1.27 bits per heavy atom. The van der Waals surface area contributed by atoms with Gasteiger partial charge in [-0.05, 0) is 25.7 Å². The largest absolute Gasteiger partial charge is 0.466 e. The van der Waals surface area contributed by atoms with Gasteiger partial charge in [-0.25, -0.2) is 9.59 Å². The highest BCUT2D eigenvalue weighted by atomic mass is 16.6. The summed E-state index contributed by atoms with van der Waals surface area (Å²) in [6.07, 6.45) is 0.461. The second-order valence-electron chi connectivity index (χ2n) is 6.60. The fraction of sp³-hybridized carbons (Fsp3) is 0.444. The standard InChI is InChI=1S/C18H20N2O6/c1-18(12-8-9-12)16(23)20(17(24)19-18)10-13(21)26-14(15(22)25-2)11-6-4-3-5-7-11/h3-7,12,14H,8-10H2,1-2H3,(H,19,24). The van der Waals surface area contributed by atoms with Gasteiger partial charge in [-0.15, -0.1) is 0 Å². The van der Waals surface area contributed by atoms with E-state index in [2.05, 4.69) is 10.1 Å². The van der Waals surface area contributed by atoms with E-state index in [0.717, 1.165) is 17.7 Å². The Balaban J connectivity index is 1.70. The third kappa shape index (κ3) is 3.26. The van der Waals surface area contributed by atoms with E-state index in [1.807, 2.05) is 0 Å². The van der Waals surface area contributed by atoms with Gasteiger partial charge in [-0.1, -0.05) is 30.3 Å². The second-order valence-corrected chi connectivity index (χ2v) is 6.60. The molecule has 0 aromatic heterocycles. The number of carbonyl (C=O) groups excluding carboxylic acids is 4. The van der Waals surface area contributed by atoms with Crippen LogP contribution in [0.5, 0.6) is 0 Å². The number of nitrogens with one attached hydrogen (secondary N) is 1. The van der Waals surface area contributed by atoms with Crippen LogP contribution >= 0.6 is 0 Å². The molecule has 26 heavy (non-hydrogen) atoms. The van der Waals surface area contributed by atoms with Crippen molar-refractivity contribution in [2.24, 2.45) is 5.92 Å². The zero-order chi connectivity index (χ0) is 18.9. The number of hydrogen-bond donors (Lipinski definition) is 1. The summed E-state index contributed by atoms with van der Waals surface area (Å²) in [6.45, 7) is 1.10. The molecule has 8 nitrogen and oxygen atoms in total. The summed E-state index contributed by atoms with van der Waals surface area (Å²) >= 11 is 0. The summed E-state index contributed by atoms with van der Waals surface area (Å²) in [5, 5.41) is 2.65. The van der Waals surface area contributed by atoms with Gasteiger partial charge >= 0.3 is 18.0 Å². The highest BCUT2D eigenvalue weighted by molar-refractivity contribution is 6.08. The van der Waals surface area contributed by atoms with Gasteiger partial charge in [0.15, 0.2) is 0 Å². The van der Waals surface area contributed by atoms with Crippen LogP contribution in [0.3, 0.4) is 0 Å². The Morgan fingerprint density at radius 3 is 2.50 bits per heavy atom. The lowest BCUT2D eigenvalue weighted by molar-refractivity contribution is -0.167. The molecule has 0 spiro atoms. The number of benzene rings is 1. The Hall–Kier alpha value is -2.90. The fourth-order valence-corrected chi connectivity index (χ4v) is 3.08. The van der Waals surface area contributed by atoms with E-state index in [1.165, 1.54) is 7.11 Å². The molecule has 138 valence electrons. The maximum atomic E-state index is 12.5. The molecule has 1 saturated carbocycles. The first-order valence-electron chi connectivity index (χ1n) is 8.33. The van der Waals surface area contributed by atoms with Crippen LogP contribution in [-0.2, 0) is 23.9 Å². The Labute approximate surface area is 150 Å². The van der Waals surface area contributed by atoms with E-state index >= 15 is 0 Å². The molecule has 1 N–H and O–H groups in total. The summed E-state index contributed by atoms with van der Waals surface area (Å²) in [5.41, 5.74) is -0.536. The zero-order valence-electron chi connectivity index (χ0n) is 14.6. The summed E-state index contributed by atoms with van der Waals surface area (Å²) in [5.74, 6) is -1.97. The van der Waals surface area contributed by atoms with Crippen LogP contribution in [0.15, 0.2) is 30.3 Å². The number of urea groups is 1. The second kappa shape index (κ2) is 6.78. The molecule has 0 radical (unpaired) electrons. The van der Waals surface area contributed by atoms with E-state index in [0.29, 0.717) is 5.56 Å². The summed E-state index contributed by atoms with van der Waals surface area (Å²) in [7, 11) is 1.19. The van der Waals surface area contributed by atoms with E-state index < -0.39 is 42.1 Å². The van der Waals surface area contributed by atoms with E-state index in [4.69, 9.17) is 4.74 Å². The minimum absolute atomic E-state index is 0.0899. The maximum absolute atomic E-state index is 12.5. The van der Waals surface area contributed by atoms with Crippen molar-refractivity contribution in [3.8, 4) is 0 Å². The Bertz CT molecular complexity index is 745. The predicted octanol–water partition coefficient (Wildman–Crippen LogP) is 1.16. The van der Waals surface area contributed by atoms with Crippen molar-refractivity contribution in [1.29, 1.82) is 0 Å². The fourth-order valence-electron chi connectivity index (χ4n) is 3.08. The summed E-state index contributed by atoms with van der Waals surface area (Å²) in [6, 6.07) is 7.75. The molecule has 8 heteroatoms. The molecule has 2 atom stereocenters. The van der Waals surface area contributed by atoms with Gasteiger partial charge in [-0.2, -0.15) is 0 Å². The minimum atomic E-state index is -1.26. The van der Waals surface area contributed by atoms with Gasteiger partial charge in [-0.3, -0.25) is 14.5 Å². The molecule has 0 bridgehead atoms. The number of ether oxygens (including phenoxy) is 2. The number of amides is 3. The van der Waals surface area contributed by atoms with Crippen molar-refractivity contribution in [3.05, 3.63) is 35.9 Å². The molecule has 2 fully saturated rings. The Kier molecular flexibility index (Phi) is 4.67. The molecular weight excluding hydrogens is 340 g/mol. The SMILES string of the molecule is COC(=O)C(OC(=O)CN1C(=O)NC(C)(C2CC2)C1=O)c1ccccc1. The van der Waals surface area contributed by atoms with Gasteiger partial charge in [0.05, 0.1) is 7.11 Å². The van der Waals surface area contributed by atoms with Crippen molar-refractivity contribution < 1.29 is 28.7 Å². The molecule has 1 aromatic rings. The van der Waals surface area contributed by atoms with Gasteiger partial charge in [0.1, 0.15) is 12.1 Å². The molecule has 2 unspecified atom stereocenters. The molecule has 3 amide bonds. The van der Waals surface area contributed by atoms with Crippen molar-refractivity contribution in [2.75, 3.05) is 13.7 Å². The van der Waals surface area contributed by atoms with Crippen molar-refractivity contribution in [1.82, 2.24) is 10.2 Å². The number of rotatable bonds is 6. The minimum Gasteiger partial charge on any atom is -0.466 e. The van der Waals surface area contributed by atoms with Crippen LogP contribution in [0.4, 0.5) is 4.79 Å². The monoisotopic (exact) mass is 360 g/mol. The van der Waals surface area contributed by atoms with Crippen LogP contribution in [0.1, 0.15) is 31.4 Å². The smallest absolute Gasteiger partial charge is 0.351 e. The molecular formula is C18H20N2O6. The highest BCUT2D eigenvalue weighted by Crippen LogP contribution is 2.42. The zero-order valence-corrected chi connectivity index (χ0v) is 14.6. The number of nitrogens with zero attached hydrogens (tertiary/aromatic N) is 1. The molecule has 3 rings (SSSR count). The van der Waals surface area contributed by atoms with Crippen molar-refractivity contribution >= 4 is 23.9 Å². The Morgan fingerprint density at radius 2 is 1.92 bits per heavy atom. The number of carbonyl (C=O) groups is 4. The van der Waals surface area contributed by atoms with Crippen molar-refractivity contribution in [3.63, 3.8) is 0 Å². The average molecular weight is 360 g/mol. The van der Waals surface area contributed by atoms with Gasteiger partial charge in [0, 0.05) is 5.56 Å². The highest BCUT2D eigenvalue weighted by Gasteiger charge is 2.56. The molecule has 1 heterocycles. The lowest BCUT2D eigenvalue weighted by Gasteiger charge is -2.21. The normalized spacial score (nSPS) is 23.4. The number of hydrogen-bond acceptors (Lipinski definition) is 6. The van der Waals surface area contributed by atoms with E-state index in [-0.39, 0.29) is 5.92 Å². The van der Waals surface area contributed by atoms with Crippen LogP contribution in [0.25, 0.3) is 0 Å². The lowest BCUT2D eigenvalue weighted by atomic mass is 9.96. The summed E-state index contributed by atoms with van der Waals surface area (Å²) < 4.78 is 9.88. The number of methoxy groups -OCH3 is 1. The van der Waals surface area contributed by atoms with Gasteiger partial charge in [0.2, 0.25) is 6.10 Å². The van der Waals surface area contributed by atoms with Crippen LogP contribution in [-0.4, -0.2) is 48.0 Å². The number of imide groups is 1. The first kappa shape index (κ1) is 17.9. The quantitative estimate of drug-likeness (QED) is 0.603. The van der Waals surface area contributed by atoms with Crippen LogP contribution in [0, 0.1) is 5.92 Å².